The molecule has 0 saturated carbocycles. The van der Waals surface area contributed by atoms with Gasteiger partial charge in [0.1, 0.15) is 11.2 Å². The first-order valence-corrected chi connectivity index (χ1v) is 21.4. The van der Waals surface area contributed by atoms with Gasteiger partial charge in [-0.1, -0.05) is 188 Å². The summed E-state index contributed by atoms with van der Waals surface area (Å²) in [4.78, 5) is 0. The van der Waals surface area contributed by atoms with Crippen molar-refractivity contribution in [3.05, 3.63) is 206 Å². The van der Waals surface area contributed by atoms with Crippen LogP contribution >= 0.6 is 11.3 Å². The molecule has 13 aromatic rings. The van der Waals surface area contributed by atoms with Gasteiger partial charge in [-0.25, -0.2) is 0 Å². The van der Waals surface area contributed by atoms with Crippen molar-refractivity contribution in [2.24, 2.45) is 0 Å². The van der Waals surface area contributed by atoms with E-state index in [2.05, 4.69) is 206 Å². The molecule has 0 amide bonds. The van der Waals surface area contributed by atoms with Gasteiger partial charge in [-0.2, -0.15) is 0 Å². The van der Waals surface area contributed by atoms with E-state index < -0.39 is 0 Å². The maximum Gasteiger partial charge on any atom is 0.143 e. The van der Waals surface area contributed by atoms with Crippen LogP contribution < -0.4 is 0 Å². The molecule has 2 heterocycles. The first-order chi connectivity index (χ1) is 29.8. The van der Waals surface area contributed by atoms with Crippen molar-refractivity contribution >= 4 is 96.5 Å². The number of benzene rings is 11. The third kappa shape index (κ3) is 4.80. The fraction of sp³-hybridized carbons (Fsp3) is 0. The summed E-state index contributed by atoms with van der Waals surface area (Å²) in [6.07, 6.45) is 0. The van der Waals surface area contributed by atoms with E-state index in [4.69, 9.17) is 4.42 Å². The van der Waals surface area contributed by atoms with Gasteiger partial charge < -0.3 is 4.42 Å². The van der Waals surface area contributed by atoms with E-state index in [1.54, 1.807) is 0 Å². The highest BCUT2D eigenvalue weighted by molar-refractivity contribution is 7.26. The summed E-state index contributed by atoms with van der Waals surface area (Å²) in [5.41, 5.74) is 11.5. The molecular formula is C58H34OS. The van der Waals surface area contributed by atoms with Gasteiger partial charge in [0, 0.05) is 47.6 Å². The highest BCUT2D eigenvalue weighted by Crippen LogP contribution is 2.50. The van der Waals surface area contributed by atoms with Gasteiger partial charge in [0.15, 0.2) is 0 Å². The summed E-state index contributed by atoms with van der Waals surface area (Å²) in [6.45, 7) is 0. The smallest absolute Gasteiger partial charge is 0.143 e. The number of thiophene rings is 1. The maximum absolute atomic E-state index is 7.11. The molecule has 0 fully saturated rings. The normalized spacial score (nSPS) is 12.0. The Kier molecular flexibility index (Phi) is 7.24. The standard InChI is InChI=1S/C58H34OS/c1-2-16-35(17-3-1)53-39-19-4-8-23-43(39)55(44-24-9-5-20-40(44)53)49-29-14-27-47-37-33-32-36(34-51(37)59-57(47)49)54-41-21-6-10-25-45(41)56(46-26-11-7-22-42(46)54)50-30-15-28-48-38-18-12-13-31-52(38)60-58(48)50/h1-34H. The van der Waals surface area contributed by atoms with Gasteiger partial charge in [0.05, 0.1) is 0 Å². The Hall–Kier alpha value is -7.52. The third-order valence-corrected chi connectivity index (χ3v) is 13.9. The lowest BCUT2D eigenvalue weighted by Crippen LogP contribution is -1.91. The first kappa shape index (κ1) is 33.5. The molecule has 0 unspecified atom stereocenters. The molecule has 0 N–H and O–H groups in total. The quantitative estimate of drug-likeness (QED) is 0.162. The van der Waals surface area contributed by atoms with Crippen molar-refractivity contribution in [2.45, 2.75) is 0 Å². The molecule has 0 aliphatic rings. The van der Waals surface area contributed by atoms with E-state index in [1.165, 1.54) is 96.6 Å². The number of rotatable bonds is 4. The first-order valence-electron chi connectivity index (χ1n) is 20.6. The van der Waals surface area contributed by atoms with Gasteiger partial charge in [0.2, 0.25) is 0 Å². The Balaban J connectivity index is 1.05. The molecule has 2 aromatic heterocycles. The molecular weight excluding hydrogens is 745 g/mol. The van der Waals surface area contributed by atoms with Crippen molar-refractivity contribution < 1.29 is 4.42 Å². The fourth-order valence-corrected chi connectivity index (χ4v) is 11.4. The predicted octanol–water partition coefficient (Wildman–Crippen LogP) is 17.2. The summed E-state index contributed by atoms with van der Waals surface area (Å²) in [6, 6.07) is 75.4. The van der Waals surface area contributed by atoms with Crippen molar-refractivity contribution in [3.8, 4) is 44.5 Å². The Morgan fingerprint density at radius 2 is 0.733 bits per heavy atom. The van der Waals surface area contributed by atoms with Crippen LogP contribution in [-0.4, -0.2) is 0 Å². The van der Waals surface area contributed by atoms with E-state index in [1.807, 2.05) is 11.3 Å². The second kappa shape index (κ2) is 13.0. The average Bonchev–Trinajstić information content (AvgIpc) is 3.89. The number of furan rings is 1. The Morgan fingerprint density at radius 1 is 0.283 bits per heavy atom. The van der Waals surface area contributed by atoms with Crippen LogP contribution in [0.25, 0.3) is 130 Å². The summed E-state index contributed by atoms with van der Waals surface area (Å²) in [5.74, 6) is 0. The van der Waals surface area contributed by atoms with Crippen LogP contribution in [0, 0.1) is 0 Å². The number of hydrogen-bond donors (Lipinski definition) is 0. The Labute approximate surface area is 350 Å². The van der Waals surface area contributed by atoms with Crippen molar-refractivity contribution in [1.82, 2.24) is 0 Å². The summed E-state index contributed by atoms with van der Waals surface area (Å²) >= 11 is 1.89. The van der Waals surface area contributed by atoms with Crippen LogP contribution in [0.4, 0.5) is 0 Å². The van der Waals surface area contributed by atoms with Crippen LogP contribution in [0.2, 0.25) is 0 Å². The molecule has 60 heavy (non-hydrogen) atoms. The maximum atomic E-state index is 7.11. The van der Waals surface area contributed by atoms with Crippen molar-refractivity contribution in [1.29, 1.82) is 0 Å². The van der Waals surface area contributed by atoms with Crippen LogP contribution in [0.15, 0.2) is 211 Å². The SMILES string of the molecule is c1ccc(-c2c3ccccc3c(-c3cccc4c3oc3cc(-c5c6ccccc6c(-c6cccc7c6sc6ccccc67)c6ccccc56)ccc34)c3ccccc23)cc1. The lowest BCUT2D eigenvalue weighted by molar-refractivity contribution is 0.670. The largest absolute Gasteiger partial charge is 0.455 e. The minimum atomic E-state index is 0.886. The van der Waals surface area contributed by atoms with Crippen molar-refractivity contribution in [2.75, 3.05) is 0 Å². The second-order valence-electron chi connectivity index (χ2n) is 15.8. The van der Waals surface area contributed by atoms with Gasteiger partial charge in [-0.15, -0.1) is 11.3 Å². The van der Waals surface area contributed by atoms with E-state index in [-0.39, 0.29) is 0 Å². The Bertz CT molecular complexity index is 3770. The van der Waals surface area contributed by atoms with Gasteiger partial charge in [-0.3, -0.25) is 0 Å². The minimum absolute atomic E-state index is 0.886. The molecule has 0 saturated heterocycles. The van der Waals surface area contributed by atoms with Crippen LogP contribution in [0.5, 0.6) is 0 Å². The van der Waals surface area contributed by atoms with Gasteiger partial charge in [-0.05, 0) is 89.1 Å². The lowest BCUT2D eigenvalue weighted by Gasteiger charge is -2.18. The molecule has 0 radical (unpaired) electrons. The molecule has 278 valence electrons. The van der Waals surface area contributed by atoms with E-state index in [0.717, 1.165) is 33.1 Å². The minimum Gasteiger partial charge on any atom is -0.455 e. The monoisotopic (exact) mass is 778 g/mol. The molecule has 2 heteroatoms. The molecule has 11 aromatic carbocycles. The second-order valence-corrected chi connectivity index (χ2v) is 16.9. The van der Waals surface area contributed by atoms with Crippen LogP contribution in [0.3, 0.4) is 0 Å². The zero-order valence-corrected chi connectivity index (χ0v) is 33.3. The fourth-order valence-electron chi connectivity index (χ4n) is 10.2. The van der Waals surface area contributed by atoms with Crippen molar-refractivity contribution in [3.63, 3.8) is 0 Å². The summed E-state index contributed by atoms with van der Waals surface area (Å²) in [5, 5.41) is 14.7. The van der Waals surface area contributed by atoms with Crippen LogP contribution in [0.1, 0.15) is 0 Å². The van der Waals surface area contributed by atoms with Crippen LogP contribution in [-0.2, 0) is 0 Å². The van der Waals surface area contributed by atoms with Gasteiger partial charge in [0.25, 0.3) is 0 Å². The van der Waals surface area contributed by atoms with Gasteiger partial charge >= 0.3 is 0 Å². The molecule has 13 rings (SSSR count). The molecule has 0 aliphatic heterocycles. The molecule has 0 spiro atoms. The summed E-state index contributed by atoms with van der Waals surface area (Å²) in [7, 11) is 0. The summed E-state index contributed by atoms with van der Waals surface area (Å²) < 4.78 is 9.76. The zero-order valence-electron chi connectivity index (χ0n) is 32.4. The number of fused-ring (bicyclic) bond motifs is 10. The third-order valence-electron chi connectivity index (χ3n) is 12.7. The Morgan fingerprint density at radius 3 is 1.33 bits per heavy atom. The number of hydrogen-bond acceptors (Lipinski definition) is 2. The zero-order chi connectivity index (χ0) is 39.3. The predicted molar refractivity (Wildman–Crippen MR) is 258 cm³/mol. The molecule has 0 bridgehead atoms. The number of para-hydroxylation sites is 1. The van der Waals surface area contributed by atoms with E-state index in [0.29, 0.717) is 0 Å². The average molecular weight is 779 g/mol. The molecule has 0 atom stereocenters. The molecule has 0 aliphatic carbocycles. The lowest BCUT2D eigenvalue weighted by atomic mass is 9.85. The van der Waals surface area contributed by atoms with E-state index in [9.17, 15) is 0 Å². The highest BCUT2D eigenvalue weighted by atomic mass is 32.1. The topological polar surface area (TPSA) is 13.1 Å². The highest BCUT2D eigenvalue weighted by Gasteiger charge is 2.23. The molecule has 1 nitrogen and oxygen atoms in total. The van der Waals surface area contributed by atoms with E-state index >= 15 is 0 Å².